The van der Waals surface area contributed by atoms with Gasteiger partial charge in [-0.1, -0.05) is 18.2 Å². The van der Waals surface area contributed by atoms with Crippen molar-refractivity contribution in [2.45, 2.75) is 0 Å². The Hall–Kier alpha value is -4.78. The van der Waals surface area contributed by atoms with Crippen molar-refractivity contribution < 1.29 is 9.53 Å². The maximum atomic E-state index is 12.8. The van der Waals surface area contributed by atoms with E-state index in [1.165, 1.54) is 21.2 Å². The van der Waals surface area contributed by atoms with Crippen LogP contribution < -0.4 is 26.0 Å². The third kappa shape index (κ3) is 4.98. The zero-order valence-electron chi connectivity index (χ0n) is 22.0. The molecule has 0 radical (unpaired) electrons. The van der Waals surface area contributed by atoms with Gasteiger partial charge in [-0.05, 0) is 0 Å². The van der Waals surface area contributed by atoms with E-state index >= 15 is 0 Å². The summed E-state index contributed by atoms with van der Waals surface area (Å²) in [6, 6.07) is 57.7. The fourth-order valence-corrected chi connectivity index (χ4v) is 10.1. The molecule has 194 valence electrons. The maximum absolute atomic E-state index is 12.8. The molecule has 0 unspecified atom stereocenters. The third-order valence-electron chi connectivity index (χ3n) is 7.30. The van der Waals surface area contributed by atoms with Crippen LogP contribution in [0.4, 0.5) is 0 Å². The number of ketones is 1. The number of ether oxygens (including phenoxy) is 1. The van der Waals surface area contributed by atoms with Crippen molar-refractivity contribution in [2.75, 3.05) is 0 Å². The molecule has 0 N–H and O–H groups in total. The van der Waals surface area contributed by atoms with Crippen LogP contribution in [-0.4, -0.2) is 5.78 Å². The topological polar surface area (TPSA) is 26.3 Å². The molecule has 6 aromatic rings. The van der Waals surface area contributed by atoms with Crippen molar-refractivity contribution in [3.8, 4) is 11.5 Å². The van der Waals surface area contributed by atoms with Gasteiger partial charge in [0.2, 0.25) is 0 Å². The summed E-state index contributed by atoms with van der Waals surface area (Å²) in [6.45, 7) is 0. The molecular weight excluding hydrogens is 507 g/mol. The fraction of sp³-hybridized carbons (Fsp3) is 0. The Bertz CT molecular complexity index is 1590. The molecule has 0 atom stereocenters. The number of rotatable bonds is 8. The summed E-state index contributed by atoms with van der Waals surface area (Å²) in [6.07, 6.45) is 0. The molecule has 0 saturated carbocycles. The Labute approximate surface area is 235 Å². The van der Waals surface area contributed by atoms with Crippen LogP contribution in [0.5, 0.6) is 11.5 Å². The Morgan fingerprint density at radius 3 is 1.12 bits per heavy atom. The van der Waals surface area contributed by atoms with Crippen molar-refractivity contribution in [2.24, 2.45) is 0 Å². The molecule has 6 rings (SSSR count). The van der Waals surface area contributed by atoms with E-state index in [-0.39, 0.29) is 5.78 Å². The van der Waals surface area contributed by atoms with E-state index in [4.69, 9.17) is 4.74 Å². The van der Waals surface area contributed by atoms with Crippen molar-refractivity contribution in [1.82, 2.24) is 0 Å². The molecule has 0 aromatic heterocycles. The Morgan fingerprint density at radius 1 is 0.375 bits per heavy atom. The molecule has 0 aliphatic heterocycles. The monoisotopic (exact) mass is 536 g/mol. The van der Waals surface area contributed by atoms with Crippen LogP contribution in [-0.2, 0) is 0 Å². The quantitative estimate of drug-likeness (QED) is 0.154. The molecule has 0 fully saturated rings. The first-order valence-corrected chi connectivity index (χ1v) is 15.4. The second-order valence-corrected chi connectivity index (χ2v) is 13.5. The van der Waals surface area contributed by atoms with Gasteiger partial charge in [-0.2, -0.15) is 0 Å². The number of carbonyl (C=O) groups is 1. The van der Waals surface area contributed by atoms with Crippen LogP contribution in [0, 0.1) is 0 Å². The van der Waals surface area contributed by atoms with Crippen LogP contribution in [0.1, 0.15) is 15.9 Å². The van der Waals surface area contributed by atoms with Crippen LogP contribution in [0.3, 0.4) is 0 Å². The van der Waals surface area contributed by atoms with Gasteiger partial charge in [-0.3, -0.25) is 0 Å². The summed E-state index contributed by atoms with van der Waals surface area (Å²) in [4.78, 5) is 12.8. The standard InChI is InChI=1S/C37H29O2P/c38-37(29-13-5-1-6-14-29)30-21-23-31(24-22-30)39-32-25-27-36(28-26-32)40(33-15-7-2-8-16-33,34-17-9-3-10-18-34)35-19-11-4-12-20-35/h1-28,40H. The van der Waals surface area contributed by atoms with E-state index < -0.39 is 7.26 Å². The van der Waals surface area contributed by atoms with Crippen LogP contribution in [0.15, 0.2) is 170 Å². The van der Waals surface area contributed by atoms with Gasteiger partial charge in [0.25, 0.3) is 0 Å². The molecule has 0 bridgehead atoms. The molecule has 0 spiro atoms. The van der Waals surface area contributed by atoms with Crippen LogP contribution in [0.2, 0.25) is 0 Å². The molecule has 6 aromatic carbocycles. The van der Waals surface area contributed by atoms with Gasteiger partial charge < -0.3 is 0 Å². The third-order valence-corrected chi connectivity index (χ3v) is 12.1. The zero-order valence-corrected chi connectivity index (χ0v) is 23.0. The van der Waals surface area contributed by atoms with Crippen molar-refractivity contribution in [1.29, 1.82) is 0 Å². The van der Waals surface area contributed by atoms with E-state index in [1.54, 1.807) is 0 Å². The second kappa shape index (κ2) is 11.5. The average Bonchev–Trinajstić information content (AvgIpc) is 3.04. The average molecular weight is 537 g/mol. The van der Waals surface area contributed by atoms with Gasteiger partial charge in [0, 0.05) is 0 Å². The van der Waals surface area contributed by atoms with Crippen molar-refractivity contribution >= 4 is 34.3 Å². The number of hydrogen-bond donors (Lipinski definition) is 0. The molecule has 0 amide bonds. The summed E-state index contributed by atoms with van der Waals surface area (Å²) in [7, 11) is -2.56. The number of carbonyl (C=O) groups excluding carboxylic acids is 1. The Kier molecular flexibility index (Phi) is 7.35. The summed E-state index contributed by atoms with van der Waals surface area (Å²) >= 11 is 0. The first-order valence-electron chi connectivity index (χ1n) is 13.4. The Morgan fingerprint density at radius 2 is 0.700 bits per heavy atom. The van der Waals surface area contributed by atoms with Crippen molar-refractivity contribution in [3.63, 3.8) is 0 Å². The second-order valence-electron chi connectivity index (χ2n) is 9.69. The predicted molar refractivity (Wildman–Crippen MR) is 169 cm³/mol. The van der Waals surface area contributed by atoms with Gasteiger partial charge >= 0.3 is 218 Å². The normalized spacial score (nSPS) is 11.5. The van der Waals surface area contributed by atoms with E-state index in [0.717, 1.165) is 5.75 Å². The van der Waals surface area contributed by atoms with Gasteiger partial charge in [0.15, 0.2) is 0 Å². The molecular formula is C37H29O2P. The SMILES string of the molecule is O=C(c1ccccc1)c1ccc(Oc2ccc([PH](c3ccccc3)(c3ccccc3)c3ccccc3)cc2)cc1. The molecule has 0 saturated heterocycles. The minimum atomic E-state index is -2.56. The van der Waals surface area contributed by atoms with Gasteiger partial charge in [-0.15, -0.1) is 0 Å². The first kappa shape index (κ1) is 25.5. The molecule has 0 heterocycles. The summed E-state index contributed by atoms with van der Waals surface area (Å²) < 4.78 is 6.21. The van der Waals surface area contributed by atoms with Crippen molar-refractivity contribution in [3.05, 3.63) is 181 Å². The van der Waals surface area contributed by atoms with E-state index in [1.807, 2.05) is 54.6 Å². The molecule has 40 heavy (non-hydrogen) atoms. The van der Waals surface area contributed by atoms with Gasteiger partial charge in [0.1, 0.15) is 0 Å². The molecule has 2 nitrogen and oxygen atoms in total. The fourth-order valence-electron chi connectivity index (χ4n) is 5.40. The Balaban J connectivity index is 1.35. The van der Waals surface area contributed by atoms with Gasteiger partial charge in [0.05, 0.1) is 0 Å². The van der Waals surface area contributed by atoms with Gasteiger partial charge in [-0.25, -0.2) is 0 Å². The number of benzene rings is 6. The van der Waals surface area contributed by atoms with Crippen LogP contribution >= 0.6 is 7.26 Å². The zero-order chi connectivity index (χ0) is 27.2. The van der Waals surface area contributed by atoms with E-state index in [9.17, 15) is 4.79 Å². The molecule has 0 aliphatic rings. The predicted octanol–water partition coefficient (Wildman–Crippen LogP) is 7.06. The number of hydrogen-bond acceptors (Lipinski definition) is 2. The van der Waals surface area contributed by atoms with E-state index in [0.29, 0.717) is 16.9 Å². The molecule has 0 aliphatic carbocycles. The summed E-state index contributed by atoms with van der Waals surface area (Å²) in [5.41, 5.74) is 1.31. The first-order chi connectivity index (χ1) is 19.7. The van der Waals surface area contributed by atoms with Crippen LogP contribution in [0.25, 0.3) is 0 Å². The summed E-state index contributed by atoms with van der Waals surface area (Å²) in [5.74, 6) is 1.44. The minimum absolute atomic E-state index is 0.000498. The summed E-state index contributed by atoms with van der Waals surface area (Å²) in [5, 5.41) is 5.28. The molecule has 3 heteroatoms. The van der Waals surface area contributed by atoms with E-state index in [2.05, 4.69) is 115 Å².